The summed E-state index contributed by atoms with van der Waals surface area (Å²) in [5.41, 5.74) is 0. The molecule has 0 unspecified atom stereocenters. The van der Waals surface area contributed by atoms with E-state index >= 15 is 0 Å². The third-order valence-corrected chi connectivity index (χ3v) is 2.84. The topological polar surface area (TPSA) is 29.0 Å². The largest absolute Gasteiger partial charge is 0.396 e. The van der Waals surface area contributed by atoms with Crippen molar-refractivity contribution < 1.29 is 9.67 Å². The summed E-state index contributed by atoms with van der Waals surface area (Å²) in [5, 5.41) is 8.66. The number of rotatable bonds is 9. The highest BCUT2D eigenvalue weighted by molar-refractivity contribution is 4.65. The zero-order chi connectivity index (χ0) is 11.6. The lowest BCUT2D eigenvalue weighted by Crippen LogP contribution is -2.30. The number of aliphatic hydroxyl groups is 1. The van der Waals surface area contributed by atoms with Crippen molar-refractivity contribution in [1.29, 1.82) is 0 Å². The standard InChI is InChI=1S/C13H25N2O/c1-2-3-8-14-10-11-15(13-14)9-6-4-5-7-12-16/h10-11,13,16H,2-9,12H2,1H3/q+1. The van der Waals surface area contributed by atoms with Crippen LogP contribution in [-0.4, -0.2) is 16.3 Å². The van der Waals surface area contributed by atoms with Crippen LogP contribution in [0.5, 0.6) is 0 Å². The number of aromatic nitrogens is 2. The third kappa shape index (κ3) is 5.31. The van der Waals surface area contributed by atoms with Gasteiger partial charge in [0, 0.05) is 6.61 Å². The van der Waals surface area contributed by atoms with Gasteiger partial charge in [-0.1, -0.05) is 19.8 Å². The van der Waals surface area contributed by atoms with Crippen LogP contribution in [0.25, 0.3) is 0 Å². The lowest BCUT2D eigenvalue weighted by molar-refractivity contribution is -0.696. The van der Waals surface area contributed by atoms with Crippen molar-refractivity contribution in [3.8, 4) is 0 Å². The number of aliphatic hydroxyl groups excluding tert-OH is 1. The molecule has 0 amide bonds. The highest BCUT2D eigenvalue weighted by Crippen LogP contribution is 1.99. The Morgan fingerprint density at radius 3 is 2.69 bits per heavy atom. The van der Waals surface area contributed by atoms with E-state index < -0.39 is 0 Å². The number of nitrogens with zero attached hydrogens (tertiary/aromatic N) is 2. The first-order valence-electron chi connectivity index (χ1n) is 6.52. The van der Waals surface area contributed by atoms with Crippen LogP contribution in [0.3, 0.4) is 0 Å². The quantitative estimate of drug-likeness (QED) is 0.506. The maximum atomic E-state index is 8.66. The minimum Gasteiger partial charge on any atom is -0.396 e. The Kier molecular flexibility index (Phi) is 6.90. The van der Waals surface area contributed by atoms with Crippen molar-refractivity contribution >= 4 is 0 Å². The summed E-state index contributed by atoms with van der Waals surface area (Å²) in [6.45, 7) is 4.79. The summed E-state index contributed by atoms with van der Waals surface area (Å²) in [5.74, 6) is 0. The second-order valence-electron chi connectivity index (χ2n) is 4.38. The van der Waals surface area contributed by atoms with Gasteiger partial charge < -0.3 is 5.11 Å². The molecule has 1 heterocycles. The molecule has 0 saturated carbocycles. The lowest BCUT2D eigenvalue weighted by atomic mass is 10.2. The van der Waals surface area contributed by atoms with Crippen LogP contribution in [0, 0.1) is 0 Å². The van der Waals surface area contributed by atoms with Crippen LogP contribution in [-0.2, 0) is 13.1 Å². The van der Waals surface area contributed by atoms with Gasteiger partial charge in [0.05, 0.1) is 13.1 Å². The SMILES string of the molecule is CCCCn1cc[n+](CCCCCCO)c1. The fraction of sp³-hybridized carbons (Fsp3) is 0.769. The van der Waals surface area contributed by atoms with Crippen molar-refractivity contribution in [2.75, 3.05) is 6.61 Å². The molecule has 1 N–H and O–H groups in total. The molecule has 0 aromatic carbocycles. The summed E-state index contributed by atoms with van der Waals surface area (Å²) in [4.78, 5) is 0. The predicted octanol–water partition coefficient (Wildman–Crippen LogP) is 2.13. The van der Waals surface area contributed by atoms with E-state index in [1.165, 1.54) is 25.7 Å². The Labute approximate surface area is 98.7 Å². The molecule has 0 aliphatic rings. The Hall–Kier alpha value is -0.830. The third-order valence-electron chi connectivity index (χ3n) is 2.84. The van der Waals surface area contributed by atoms with E-state index in [1.54, 1.807) is 0 Å². The molecule has 0 saturated heterocycles. The van der Waals surface area contributed by atoms with E-state index in [0.29, 0.717) is 6.61 Å². The van der Waals surface area contributed by atoms with E-state index in [4.69, 9.17) is 5.11 Å². The minimum atomic E-state index is 0.334. The average Bonchev–Trinajstić information content (AvgIpc) is 2.74. The van der Waals surface area contributed by atoms with E-state index in [1.807, 2.05) is 0 Å². The van der Waals surface area contributed by atoms with E-state index in [0.717, 1.165) is 25.9 Å². The van der Waals surface area contributed by atoms with Gasteiger partial charge in [0.15, 0.2) is 0 Å². The van der Waals surface area contributed by atoms with Crippen molar-refractivity contribution in [3.05, 3.63) is 18.7 Å². The maximum Gasteiger partial charge on any atom is 0.243 e. The molecule has 1 rings (SSSR count). The number of hydrogen-bond donors (Lipinski definition) is 1. The molecular formula is C13H25N2O+. The molecule has 0 aliphatic heterocycles. The Bertz CT molecular complexity index is 271. The van der Waals surface area contributed by atoms with Crippen LogP contribution in [0.1, 0.15) is 45.4 Å². The second kappa shape index (κ2) is 8.34. The first-order valence-corrected chi connectivity index (χ1v) is 6.52. The molecule has 0 spiro atoms. The van der Waals surface area contributed by atoms with Crippen LogP contribution in [0.2, 0.25) is 0 Å². The maximum absolute atomic E-state index is 8.66. The molecular weight excluding hydrogens is 200 g/mol. The van der Waals surface area contributed by atoms with Crippen molar-refractivity contribution in [2.24, 2.45) is 0 Å². The fourth-order valence-electron chi connectivity index (χ4n) is 1.80. The summed E-state index contributed by atoms with van der Waals surface area (Å²) in [6, 6.07) is 0. The highest BCUT2D eigenvalue weighted by atomic mass is 16.2. The number of imidazole rings is 1. The normalized spacial score (nSPS) is 10.9. The average molecular weight is 225 g/mol. The Balaban J connectivity index is 2.14. The molecule has 16 heavy (non-hydrogen) atoms. The molecule has 0 aliphatic carbocycles. The first kappa shape index (κ1) is 13.2. The molecule has 3 nitrogen and oxygen atoms in total. The number of hydrogen-bond acceptors (Lipinski definition) is 1. The van der Waals surface area contributed by atoms with E-state index in [9.17, 15) is 0 Å². The molecule has 92 valence electrons. The predicted molar refractivity (Wildman–Crippen MR) is 65.1 cm³/mol. The van der Waals surface area contributed by atoms with Crippen molar-refractivity contribution in [3.63, 3.8) is 0 Å². The van der Waals surface area contributed by atoms with Gasteiger partial charge in [-0.05, 0) is 25.7 Å². The van der Waals surface area contributed by atoms with Crippen molar-refractivity contribution in [1.82, 2.24) is 4.57 Å². The molecule has 0 radical (unpaired) electrons. The summed E-state index contributed by atoms with van der Waals surface area (Å²) in [7, 11) is 0. The fourth-order valence-corrected chi connectivity index (χ4v) is 1.80. The number of unbranched alkanes of at least 4 members (excludes halogenated alkanes) is 4. The van der Waals surface area contributed by atoms with Gasteiger partial charge in [0.25, 0.3) is 0 Å². The summed E-state index contributed by atoms with van der Waals surface area (Å²) >= 11 is 0. The molecule has 0 fully saturated rings. The first-order chi connectivity index (χ1) is 7.86. The van der Waals surface area contributed by atoms with Gasteiger partial charge in [0.1, 0.15) is 12.4 Å². The van der Waals surface area contributed by atoms with Crippen LogP contribution >= 0.6 is 0 Å². The zero-order valence-corrected chi connectivity index (χ0v) is 10.4. The second-order valence-corrected chi connectivity index (χ2v) is 4.38. The lowest BCUT2D eigenvalue weighted by Gasteiger charge is -1.97. The molecule has 1 aromatic heterocycles. The van der Waals surface area contributed by atoms with E-state index in [2.05, 4.69) is 34.8 Å². The summed E-state index contributed by atoms with van der Waals surface area (Å²) < 4.78 is 4.52. The van der Waals surface area contributed by atoms with Gasteiger partial charge in [-0.15, -0.1) is 0 Å². The van der Waals surface area contributed by atoms with Crippen LogP contribution < -0.4 is 4.57 Å². The van der Waals surface area contributed by atoms with Crippen molar-refractivity contribution in [2.45, 2.75) is 58.5 Å². The monoisotopic (exact) mass is 225 g/mol. The van der Waals surface area contributed by atoms with E-state index in [-0.39, 0.29) is 0 Å². The van der Waals surface area contributed by atoms with Crippen LogP contribution in [0.4, 0.5) is 0 Å². The smallest absolute Gasteiger partial charge is 0.243 e. The van der Waals surface area contributed by atoms with Gasteiger partial charge in [0.2, 0.25) is 6.33 Å². The molecule has 1 aromatic rings. The Morgan fingerprint density at radius 1 is 1.12 bits per heavy atom. The number of aryl methyl sites for hydroxylation is 2. The Morgan fingerprint density at radius 2 is 1.94 bits per heavy atom. The highest BCUT2D eigenvalue weighted by Gasteiger charge is 2.02. The van der Waals surface area contributed by atoms with Gasteiger partial charge >= 0.3 is 0 Å². The van der Waals surface area contributed by atoms with Gasteiger partial charge in [-0.25, -0.2) is 9.13 Å². The molecule has 3 heteroatoms. The van der Waals surface area contributed by atoms with Gasteiger partial charge in [-0.2, -0.15) is 0 Å². The minimum absolute atomic E-state index is 0.334. The summed E-state index contributed by atoms with van der Waals surface area (Å²) in [6.07, 6.45) is 13.5. The molecule has 0 atom stereocenters. The molecule has 0 bridgehead atoms. The van der Waals surface area contributed by atoms with Gasteiger partial charge in [-0.3, -0.25) is 0 Å². The van der Waals surface area contributed by atoms with Crippen LogP contribution in [0.15, 0.2) is 18.7 Å². The zero-order valence-electron chi connectivity index (χ0n) is 10.4.